The van der Waals surface area contributed by atoms with Crippen LogP contribution < -0.4 is 5.32 Å². The van der Waals surface area contributed by atoms with Gasteiger partial charge in [-0.1, -0.05) is 0 Å². The van der Waals surface area contributed by atoms with Gasteiger partial charge in [0.15, 0.2) is 18.6 Å². The molecule has 0 bridgehead atoms. The number of ether oxygens (including phenoxy) is 3. The van der Waals surface area contributed by atoms with Crippen molar-refractivity contribution in [2.45, 2.75) is 32.8 Å². The molecule has 1 aliphatic heterocycles. The third-order valence-corrected chi connectivity index (χ3v) is 7.77. The summed E-state index contributed by atoms with van der Waals surface area (Å²) in [5.41, 5.74) is 0.316. The number of halogens is 4. The number of anilines is 1. The van der Waals surface area contributed by atoms with Gasteiger partial charge >= 0.3 is 5.97 Å². The van der Waals surface area contributed by atoms with Gasteiger partial charge in [-0.25, -0.2) is 0 Å². The number of esters is 1. The van der Waals surface area contributed by atoms with Crippen LogP contribution in [0.1, 0.15) is 41.5 Å². The Bertz CT molecular complexity index is 989. The van der Waals surface area contributed by atoms with Crippen LogP contribution in [-0.2, 0) is 23.8 Å². The summed E-state index contributed by atoms with van der Waals surface area (Å²) in [6.45, 7) is 3.72. The van der Waals surface area contributed by atoms with Crippen LogP contribution in [0.3, 0.4) is 0 Å². The van der Waals surface area contributed by atoms with Crippen molar-refractivity contribution in [2.24, 2.45) is 0 Å². The van der Waals surface area contributed by atoms with Crippen LogP contribution in [0.5, 0.6) is 0 Å². The zero-order valence-corrected chi connectivity index (χ0v) is 24.9. The van der Waals surface area contributed by atoms with Crippen LogP contribution in [-0.4, -0.2) is 71.4 Å². The van der Waals surface area contributed by atoms with Gasteiger partial charge in [-0.15, -0.1) is 0 Å². The van der Waals surface area contributed by atoms with Gasteiger partial charge in [0.05, 0.1) is 37.2 Å². The Morgan fingerprint density at radius 2 is 1.79 bits per heavy atom. The summed E-state index contributed by atoms with van der Waals surface area (Å²) in [5, 5.41) is 11.3. The number of nitrogens with one attached hydrogen (secondary N) is 1. The number of benzene rings is 1. The number of rotatable bonds is 8. The number of hydrogen-bond donors (Lipinski definition) is 2. The molecule has 0 spiro atoms. The van der Waals surface area contributed by atoms with Gasteiger partial charge in [-0.3, -0.25) is 19.2 Å². The van der Waals surface area contributed by atoms with E-state index in [1.807, 2.05) is 67.8 Å². The number of aliphatic hydroxyl groups is 1. The molecule has 2 amide bonds. The molecule has 1 atom stereocenters. The van der Waals surface area contributed by atoms with Crippen LogP contribution in [0, 0.1) is 10.7 Å². The molecule has 182 valence electrons. The monoisotopic (exact) mass is 820 g/mol. The Labute approximate surface area is 235 Å². The molecule has 1 aromatic rings. The number of carbonyl (C=O) groups excluding carboxylic acids is 4. The number of carbonyl (C=O) groups is 4. The van der Waals surface area contributed by atoms with E-state index in [-0.39, 0.29) is 40.1 Å². The summed E-state index contributed by atoms with van der Waals surface area (Å²) < 4.78 is 17.0. The summed E-state index contributed by atoms with van der Waals surface area (Å²) in [6, 6.07) is 0. The SMILES string of the molecule is CC(=O)OCC(=O)Nc1c(I)c(C(=O)Cl)c(I)c(C(=O)N(CCO)C2COC(C)(C)O2)c1I. The molecule has 0 aromatic heterocycles. The predicted molar refractivity (Wildman–Crippen MR) is 143 cm³/mol. The lowest BCUT2D eigenvalue weighted by molar-refractivity contribution is -0.155. The summed E-state index contributed by atoms with van der Waals surface area (Å²) in [5.74, 6) is -2.76. The van der Waals surface area contributed by atoms with Crippen molar-refractivity contribution in [3.63, 3.8) is 0 Å². The molecule has 0 saturated carbocycles. The first-order valence-electron chi connectivity index (χ1n) is 9.37. The fraction of sp³-hybridized carbons (Fsp3) is 0.474. The first kappa shape index (κ1) is 28.9. The minimum absolute atomic E-state index is 0.0392. The van der Waals surface area contributed by atoms with E-state index in [4.69, 9.17) is 25.8 Å². The highest BCUT2D eigenvalue weighted by molar-refractivity contribution is 14.1. The summed E-state index contributed by atoms with van der Waals surface area (Å²) in [7, 11) is 0. The number of nitrogens with zero attached hydrogens (tertiary/aromatic N) is 1. The molecule has 33 heavy (non-hydrogen) atoms. The molecule has 0 radical (unpaired) electrons. The number of hydrogen-bond acceptors (Lipinski definition) is 8. The Morgan fingerprint density at radius 1 is 1.18 bits per heavy atom. The molecule has 1 fully saturated rings. The van der Waals surface area contributed by atoms with E-state index in [2.05, 4.69) is 5.32 Å². The third kappa shape index (κ3) is 7.09. The first-order valence-corrected chi connectivity index (χ1v) is 13.0. The van der Waals surface area contributed by atoms with E-state index < -0.39 is 41.6 Å². The highest BCUT2D eigenvalue weighted by atomic mass is 127. The van der Waals surface area contributed by atoms with Crippen LogP contribution in [0.15, 0.2) is 0 Å². The van der Waals surface area contributed by atoms with E-state index in [0.717, 1.165) is 0 Å². The van der Waals surface area contributed by atoms with Crippen molar-refractivity contribution in [3.05, 3.63) is 21.8 Å². The van der Waals surface area contributed by atoms with Gasteiger partial charge in [-0.05, 0) is 93.2 Å². The lowest BCUT2D eigenvalue weighted by atomic mass is 10.1. The van der Waals surface area contributed by atoms with Crippen LogP contribution in [0.4, 0.5) is 5.69 Å². The molecule has 1 saturated heterocycles. The molecule has 14 heteroatoms. The van der Waals surface area contributed by atoms with Crippen molar-refractivity contribution in [3.8, 4) is 0 Å². The highest BCUT2D eigenvalue weighted by Gasteiger charge is 2.40. The smallest absolute Gasteiger partial charge is 0.303 e. The molecule has 2 rings (SSSR count). The average Bonchev–Trinajstić information content (AvgIpc) is 3.06. The molecule has 0 aliphatic carbocycles. The van der Waals surface area contributed by atoms with E-state index >= 15 is 0 Å². The molecular formula is C19H20ClI3N2O8. The van der Waals surface area contributed by atoms with Crippen LogP contribution in [0.25, 0.3) is 0 Å². The van der Waals surface area contributed by atoms with Gasteiger partial charge < -0.3 is 29.5 Å². The van der Waals surface area contributed by atoms with E-state index in [1.165, 1.54) is 11.8 Å². The van der Waals surface area contributed by atoms with E-state index in [0.29, 0.717) is 7.14 Å². The maximum Gasteiger partial charge on any atom is 0.303 e. The Hall–Kier alpha value is -0.340. The fourth-order valence-corrected chi connectivity index (χ4v) is 7.82. The minimum atomic E-state index is -0.919. The minimum Gasteiger partial charge on any atom is -0.456 e. The second kappa shape index (κ2) is 12.1. The van der Waals surface area contributed by atoms with Crippen molar-refractivity contribution in [1.29, 1.82) is 0 Å². The van der Waals surface area contributed by atoms with Crippen LogP contribution in [0.2, 0.25) is 0 Å². The zero-order chi connectivity index (χ0) is 25.1. The van der Waals surface area contributed by atoms with Crippen molar-refractivity contribution in [1.82, 2.24) is 4.90 Å². The fourth-order valence-electron chi connectivity index (χ4n) is 2.93. The second-order valence-electron chi connectivity index (χ2n) is 7.17. The van der Waals surface area contributed by atoms with E-state index in [9.17, 15) is 24.3 Å². The van der Waals surface area contributed by atoms with Gasteiger partial charge in [0, 0.05) is 17.0 Å². The second-order valence-corrected chi connectivity index (χ2v) is 10.8. The zero-order valence-electron chi connectivity index (χ0n) is 17.7. The summed E-state index contributed by atoms with van der Waals surface area (Å²) >= 11 is 11.4. The van der Waals surface area contributed by atoms with Gasteiger partial charge in [-0.2, -0.15) is 0 Å². The lowest BCUT2D eigenvalue weighted by Gasteiger charge is -2.29. The third-order valence-electron chi connectivity index (χ3n) is 4.34. The highest BCUT2D eigenvalue weighted by Crippen LogP contribution is 2.38. The van der Waals surface area contributed by atoms with Crippen molar-refractivity contribution in [2.75, 3.05) is 31.7 Å². The Morgan fingerprint density at radius 3 is 2.27 bits per heavy atom. The topological polar surface area (TPSA) is 131 Å². The number of amides is 2. The summed E-state index contributed by atoms with van der Waals surface area (Å²) in [4.78, 5) is 50.5. The Kier molecular flexibility index (Phi) is 10.6. The molecule has 1 aliphatic rings. The van der Waals surface area contributed by atoms with Crippen LogP contribution >= 0.6 is 79.4 Å². The maximum absolute atomic E-state index is 13.6. The molecule has 1 aromatic carbocycles. The largest absolute Gasteiger partial charge is 0.456 e. The van der Waals surface area contributed by atoms with Gasteiger partial charge in [0.2, 0.25) is 0 Å². The summed E-state index contributed by atoms with van der Waals surface area (Å²) in [6.07, 6.45) is -0.775. The molecular weight excluding hydrogens is 800 g/mol. The van der Waals surface area contributed by atoms with Gasteiger partial charge in [0.1, 0.15) is 0 Å². The molecule has 1 heterocycles. The molecule has 1 unspecified atom stereocenters. The maximum atomic E-state index is 13.6. The quantitative estimate of drug-likeness (QED) is 0.233. The van der Waals surface area contributed by atoms with E-state index in [1.54, 1.807) is 13.8 Å². The lowest BCUT2D eigenvalue weighted by Crippen LogP contribution is -2.45. The standard InChI is InChI=1S/C19H20ClI3N2O8/c1-8(27)31-6-9(28)24-16-14(22)11(17(20)29)13(21)12(15(16)23)18(30)25(4-5-26)10-7-32-19(2,3)33-10/h10,26H,4-7H2,1-3H3,(H,24,28). The van der Waals surface area contributed by atoms with Crippen molar-refractivity contribution >= 4 is 108 Å². The Balaban J connectivity index is 2.57. The molecule has 10 nitrogen and oxygen atoms in total. The normalized spacial score (nSPS) is 16.9. The first-order chi connectivity index (χ1) is 15.3. The average molecular weight is 821 g/mol. The van der Waals surface area contributed by atoms with Gasteiger partial charge in [0.25, 0.3) is 17.1 Å². The molecule has 2 N–H and O–H groups in total. The predicted octanol–water partition coefficient (Wildman–Crippen LogP) is 2.92. The van der Waals surface area contributed by atoms with Crippen molar-refractivity contribution < 1.29 is 38.5 Å². The number of aliphatic hydroxyl groups excluding tert-OH is 1.